The van der Waals surface area contributed by atoms with Crippen molar-refractivity contribution in [1.82, 2.24) is 5.32 Å². The summed E-state index contributed by atoms with van der Waals surface area (Å²) in [6, 6.07) is 8.15. The Bertz CT molecular complexity index is 503. The number of carbonyl (C=O) groups is 3. The molecular weight excluding hydrogens is 246 g/mol. The lowest BCUT2D eigenvalue weighted by molar-refractivity contribution is -0.146. The van der Waals surface area contributed by atoms with Crippen molar-refractivity contribution >= 4 is 17.7 Å². The molecule has 5 nitrogen and oxygen atoms in total. The second kappa shape index (κ2) is 5.22. The summed E-state index contributed by atoms with van der Waals surface area (Å²) in [6.07, 6.45) is -0.542. The first kappa shape index (κ1) is 13.3. The highest BCUT2D eigenvalue weighted by Gasteiger charge is 2.46. The van der Waals surface area contributed by atoms with Crippen LogP contribution < -0.4 is 5.32 Å². The molecule has 1 amide bonds. The first-order valence-corrected chi connectivity index (χ1v) is 6.07. The van der Waals surface area contributed by atoms with Gasteiger partial charge in [-0.15, -0.1) is 0 Å². The van der Waals surface area contributed by atoms with Gasteiger partial charge in [0, 0.05) is 0 Å². The van der Waals surface area contributed by atoms with E-state index >= 15 is 0 Å². The van der Waals surface area contributed by atoms with Crippen LogP contribution in [0.5, 0.6) is 0 Å². The number of β-lactam (4-membered cyclic amide) rings is 1. The van der Waals surface area contributed by atoms with Crippen molar-refractivity contribution in [2.75, 3.05) is 0 Å². The van der Waals surface area contributed by atoms with E-state index in [9.17, 15) is 14.4 Å². The molecular formula is C14H15NO4. The van der Waals surface area contributed by atoms with Crippen LogP contribution in [0.4, 0.5) is 0 Å². The van der Waals surface area contributed by atoms with Crippen LogP contribution in [0.1, 0.15) is 24.2 Å². The summed E-state index contributed by atoms with van der Waals surface area (Å²) in [5.41, 5.74) is 0.444. The predicted octanol–water partition coefficient (Wildman–Crippen LogP) is 0.935. The first-order valence-electron chi connectivity index (χ1n) is 6.07. The Labute approximate surface area is 110 Å². The number of carbonyl (C=O) groups excluding carboxylic acids is 3. The van der Waals surface area contributed by atoms with Crippen molar-refractivity contribution in [3.8, 4) is 0 Å². The van der Waals surface area contributed by atoms with Gasteiger partial charge in [0.1, 0.15) is 17.8 Å². The van der Waals surface area contributed by atoms with Gasteiger partial charge in [-0.3, -0.25) is 9.59 Å². The third-order valence-electron chi connectivity index (χ3n) is 3.20. The standard InChI is InChI=1S/C14H15NO4/c1-8(16)11-12(15-13(11)17)9(2)19-14(18)10-6-4-3-5-7-10/h3-7,9,11-12H,1-2H3,(H,15,17). The van der Waals surface area contributed by atoms with Crippen LogP contribution in [0.2, 0.25) is 0 Å². The van der Waals surface area contributed by atoms with Gasteiger partial charge in [0.2, 0.25) is 5.91 Å². The third kappa shape index (κ3) is 2.65. The number of amides is 1. The van der Waals surface area contributed by atoms with Gasteiger partial charge in [0.15, 0.2) is 0 Å². The van der Waals surface area contributed by atoms with Crippen LogP contribution in [0, 0.1) is 5.92 Å². The van der Waals surface area contributed by atoms with Crippen LogP contribution in [-0.4, -0.2) is 29.8 Å². The zero-order valence-electron chi connectivity index (χ0n) is 10.8. The Morgan fingerprint density at radius 3 is 2.42 bits per heavy atom. The summed E-state index contributed by atoms with van der Waals surface area (Å²) < 4.78 is 5.26. The molecule has 3 atom stereocenters. The lowest BCUT2D eigenvalue weighted by Crippen LogP contribution is -2.65. The maximum atomic E-state index is 11.8. The van der Waals surface area contributed by atoms with Gasteiger partial charge in [0.25, 0.3) is 0 Å². The fraction of sp³-hybridized carbons (Fsp3) is 0.357. The Balaban J connectivity index is 1.99. The maximum absolute atomic E-state index is 11.8. The summed E-state index contributed by atoms with van der Waals surface area (Å²) in [5, 5.41) is 2.59. The number of esters is 1. The number of ketones is 1. The average molecular weight is 261 g/mol. The third-order valence-corrected chi connectivity index (χ3v) is 3.20. The molecule has 1 aromatic carbocycles. The van der Waals surface area contributed by atoms with E-state index in [1.165, 1.54) is 6.92 Å². The number of hydrogen-bond donors (Lipinski definition) is 1. The molecule has 1 aliphatic rings. The number of rotatable bonds is 4. The van der Waals surface area contributed by atoms with Crippen molar-refractivity contribution in [1.29, 1.82) is 0 Å². The molecule has 1 aromatic rings. The highest BCUT2D eigenvalue weighted by molar-refractivity contribution is 6.05. The summed E-state index contributed by atoms with van der Waals surface area (Å²) in [5.74, 6) is -1.69. The number of nitrogens with one attached hydrogen (secondary N) is 1. The van der Waals surface area contributed by atoms with E-state index in [4.69, 9.17) is 4.74 Å². The molecule has 19 heavy (non-hydrogen) atoms. The molecule has 1 heterocycles. The lowest BCUT2D eigenvalue weighted by Gasteiger charge is -2.38. The highest BCUT2D eigenvalue weighted by atomic mass is 16.5. The van der Waals surface area contributed by atoms with Crippen molar-refractivity contribution in [2.24, 2.45) is 5.92 Å². The minimum Gasteiger partial charge on any atom is -0.457 e. The second-order valence-corrected chi connectivity index (χ2v) is 4.60. The van der Waals surface area contributed by atoms with Gasteiger partial charge in [-0.1, -0.05) is 18.2 Å². The molecule has 1 N–H and O–H groups in total. The Morgan fingerprint density at radius 2 is 1.89 bits per heavy atom. The minimum atomic E-state index is -0.710. The van der Waals surface area contributed by atoms with Gasteiger partial charge in [0.05, 0.1) is 11.6 Å². The molecule has 0 aliphatic carbocycles. The molecule has 0 radical (unpaired) electrons. The van der Waals surface area contributed by atoms with E-state index in [0.29, 0.717) is 5.56 Å². The smallest absolute Gasteiger partial charge is 0.338 e. The van der Waals surface area contributed by atoms with Gasteiger partial charge < -0.3 is 10.1 Å². The Morgan fingerprint density at radius 1 is 1.26 bits per heavy atom. The normalized spacial score (nSPS) is 22.9. The Hall–Kier alpha value is -2.17. The van der Waals surface area contributed by atoms with Crippen molar-refractivity contribution in [2.45, 2.75) is 26.0 Å². The molecule has 0 aromatic heterocycles. The number of Topliss-reactive ketones (excluding diaryl/α,β-unsaturated/α-hetero) is 1. The quantitative estimate of drug-likeness (QED) is 0.497. The highest BCUT2D eigenvalue weighted by Crippen LogP contribution is 2.21. The molecule has 0 spiro atoms. The summed E-state index contributed by atoms with van der Waals surface area (Å²) in [4.78, 5) is 34.4. The monoisotopic (exact) mass is 261 g/mol. The zero-order chi connectivity index (χ0) is 14.0. The van der Waals surface area contributed by atoms with E-state index in [1.807, 2.05) is 0 Å². The molecule has 0 saturated carbocycles. The fourth-order valence-electron chi connectivity index (χ4n) is 2.11. The summed E-state index contributed by atoms with van der Waals surface area (Å²) in [7, 11) is 0. The topological polar surface area (TPSA) is 72.5 Å². The van der Waals surface area contributed by atoms with E-state index < -0.39 is 24.0 Å². The van der Waals surface area contributed by atoms with Gasteiger partial charge in [-0.2, -0.15) is 0 Å². The molecule has 1 aliphatic heterocycles. The average Bonchev–Trinajstić information content (AvgIpc) is 2.35. The molecule has 1 saturated heterocycles. The lowest BCUT2D eigenvalue weighted by atomic mass is 9.84. The van der Waals surface area contributed by atoms with E-state index in [1.54, 1.807) is 37.3 Å². The Kier molecular flexibility index (Phi) is 3.64. The van der Waals surface area contributed by atoms with E-state index in [2.05, 4.69) is 5.32 Å². The van der Waals surface area contributed by atoms with Crippen LogP contribution in [0.3, 0.4) is 0 Å². The predicted molar refractivity (Wildman–Crippen MR) is 67.4 cm³/mol. The minimum absolute atomic E-state index is 0.212. The van der Waals surface area contributed by atoms with Crippen LogP contribution in [0.25, 0.3) is 0 Å². The van der Waals surface area contributed by atoms with E-state index in [0.717, 1.165) is 0 Å². The maximum Gasteiger partial charge on any atom is 0.338 e. The fourth-order valence-corrected chi connectivity index (χ4v) is 2.11. The van der Waals surface area contributed by atoms with Crippen molar-refractivity contribution in [3.63, 3.8) is 0 Å². The molecule has 0 bridgehead atoms. The summed E-state index contributed by atoms with van der Waals surface area (Å²) >= 11 is 0. The van der Waals surface area contributed by atoms with Crippen LogP contribution >= 0.6 is 0 Å². The molecule has 3 unspecified atom stereocenters. The molecule has 100 valence electrons. The number of ether oxygens (including phenoxy) is 1. The number of benzene rings is 1. The molecule has 1 fully saturated rings. The zero-order valence-corrected chi connectivity index (χ0v) is 10.8. The second-order valence-electron chi connectivity index (χ2n) is 4.60. The number of hydrogen-bond acceptors (Lipinski definition) is 4. The van der Waals surface area contributed by atoms with Crippen molar-refractivity contribution < 1.29 is 19.1 Å². The van der Waals surface area contributed by atoms with E-state index in [-0.39, 0.29) is 11.7 Å². The SMILES string of the molecule is CC(=O)C1C(=O)NC1C(C)OC(=O)c1ccccc1. The largest absolute Gasteiger partial charge is 0.457 e. The van der Waals surface area contributed by atoms with Crippen molar-refractivity contribution in [3.05, 3.63) is 35.9 Å². The molecule has 2 rings (SSSR count). The van der Waals surface area contributed by atoms with Gasteiger partial charge >= 0.3 is 5.97 Å². The van der Waals surface area contributed by atoms with Gasteiger partial charge in [-0.25, -0.2) is 4.79 Å². The first-order chi connectivity index (χ1) is 9.00. The molecule has 5 heteroatoms. The summed E-state index contributed by atoms with van der Waals surface area (Å²) in [6.45, 7) is 3.03. The van der Waals surface area contributed by atoms with Gasteiger partial charge in [-0.05, 0) is 26.0 Å². The van der Waals surface area contributed by atoms with Crippen LogP contribution in [0.15, 0.2) is 30.3 Å². The van der Waals surface area contributed by atoms with Crippen LogP contribution in [-0.2, 0) is 14.3 Å².